The van der Waals surface area contributed by atoms with Crippen LogP contribution < -0.4 is 0 Å². The number of aliphatic hydroxyl groups is 3. The van der Waals surface area contributed by atoms with Crippen molar-refractivity contribution < 1.29 is 37.0 Å². The van der Waals surface area contributed by atoms with E-state index in [0.717, 1.165) is 0 Å². The summed E-state index contributed by atoms with van der Waals surface area (Å²) >= 11 is 0. The van der Waals surface area contributed by atoms with Gasteiger partial charge in [-0.3, -0.25) is 0 Å². The molecule has 0 amide bonds. The maximum atomic E-state index is 8.14. The summed E-state index contributed by atoms with van der Waals surface area (Å²) in [4.78, 5) is 0. The van der Waals surface area contributed by atoms with E-state index in [1.54, 1.807) is 6.92 Å². The van der Waals surface area contributed by atoms with E-state index in [0.29, 0.717) is 37.6 Å². The van der Waals surface area contributed by atoms with Crippen molar-refractivity contribution in [1.82, 2.24) is 0 Å². The molecule has 4 heteroatoms. The molecular formula is C14H35O3Ti-. The second-order valence-corrected chi connectivity index (χ2v) is 4.73. The maximum Gasteiger partial charge on any atom is 0.0453 e. The molecular weight excluding hydrogens is 264 g/mol. The van der Waals surface area contributed by atoms with Gasteiger partial charge in [0.25, 0.3) is 0 Å². The van der Waals surface area contributed by atoms with E-state index in [9.17, 15) is 0 Å². The second kappa shape index (κ2) is 30.5. The Kier molecular flexibility index (Phi) is 52.9. The summed E-state index contributed by atoms with van der Waals surface area (Å²) < 4.78 is 0. The molecule has 3 N–H and O–H groups in total. The van der Waals surface area contributed by atoms with Gasteiger partial charge in [-0.2, -0.15) is 6.92 Å². The van der Waals surface area contributed by atoms with Crippen molar-refractivity contribution in [3.8, 4) is 0 Å². The van der Waals surface area contributed by atoms with E-state index in [1.807, 2.05) is 41.5 Å². The molecule has 0 bridgehead atoms. The van der Waals surface area contributed by atoms with Crippen LogP contribution in [0.4, 0.5) is 0 Å². The molecule has 3 nitrogen and oxygen atoms in total. The molecule has 0 aliphatic heterocycles. The van der Waals surface area contributed by atoms with Gasteiger partial charge < -0.3 is 22.2 Å². The van der Waals surface area contributed by atoms with Crippen LogP contribution in [0.15, 0.2) is 0 Å². The van der Waals surface area contributed by atoms with Crippen LogP contribution in [0.25, 0.3) is 0 Å². The first-order valence-electron chi connectivity index (χ1n) is 6.34. The molecule has 0 aliphatic carbocycles. The van der Waals surface area contributed by atoms with Crippen LogP contribution in [-0.4, -0.2) is 35.1 Å². The fourth-order valence-corrected chi connectivity index (χ4v) is 0. The van der Waals surface area contributed by atoms with Gasteiger partial charge in [0.05, 0.1) is 0 Å². The zero-order valence-electron chi connectivity index (χ0n) is 13.4. The monoisotopic (exact) mass is 299 g/mol. The molecule has 0 unspecified atom stereocenters. The van der Waals surface area contributed by atoms with Crippen LogP contribution in [0.5, 0.6) is 0 Å². The molecule has 0 rings (SSSR count). The Balaban J connectivity index is -0.0000000427. The van der Waals surface area contributed by atoms with Crippen molar-refractivity contribution in [2.45, 2.75) is 48.5 Å². The smallest absolute Gasteiger partial charge is 0.0453 e. The molecule has 0 radical (unpaired) electrons. The molecule has 0 aromatic carbocycles. The molecule has 0 atom stereocenters. The van der Waals surface area contributed by atoms with Gasteiger partial charge in [-0.1, -0.05) is 41.5 Å². The maximum absolute atomic E-state index is 8.14. The van der Waals surface area contributed by atoms with Crippen LogP contribution in [0.2, 0.25) is 0 Å². The minimum atomic E-state index is 0. The van der Waals surface area contributed by atoms with Gasteiger partial charge in [-0.25, -0.2) is 0 Å². The van der Waals surface area contributed by atoms with Gasteiger partial charge in [0.1, 0.15) is 0 Å². The Morgan fingerprint density at radius 3 is 0.667 bits per heavy atom. The third kappa shape index (κ3) is 92.8. The Bertz CT molecular complexity index is 78.0. The molecule has 0 aliphatic rings. The van der Waals surface area contributed by atoms with Gasteiger partial charge in [-0.15, -0.1) is 0 Å². The first-order chi connectivity index (χ1) is 7.81. The van der Waals surface area contributed by atoms with Crippen molar-refractivity contribution >= 4 is 0 Å². The molecule has 0 heterocycles. The van der Waals surface area contributed by atoms with Crippen molar-refractivity contribution in [1.29, 1.82) is 0 Å². The van der Waals surface area contributed by atoms with Crippen molar-refractivity contribution in [3.05, 3.63) is 6.92 Å². The van der Waals surface area contributed by atoms with E-state index in [4.69, 9.17) is 15.3 Å². The normalized spacial score (nSPS) is 8.33. The average Bonchev–Trinajstić information content (AvgIpc) is 2.32. The molecule has 0 saturated heterocycles. The zero-order valence-corrected chi connectivity index (χ0v) is 15.0. The van der Waals surface area contributed by atoms with Crippen LogP contribution in [0.3, 0.4) is 0 Å². The minimum absolute atomic E-state index is 0. The number of hydrogen-bond acceptors (Lipinski definition) is 3. The Morgan fingerprint density at radius 1 is 0.611 bits per heavy atom. The van der Waals surface area contributed by atoms with Crippen molar-refractivity contribution in [3.63, 3.8) is 0 Å². The van der Waals surface area contributed by atoms with Gasteiger partial charge >= 0.3 is 0 Å². The molecule has 114 valence electrons. The number of hydrogen-bond donors (Lipinski definition) is 3. The SMILES string of the molecule is CC(C)CO.CC(C)CO.CC(C)CO.[CH2-]C.[Ti]. The molecule has 0 aromatic rings. The third-order valence-corrected chi connectivity index (χ3v) is 1.10. The fourth-order valence-electron chi connectivity index (χ4n) is 0. The zero-order chi connectivity index (χ0) is 14.9. The fraction of sp³-hybridized carbons (Fsp3) is 0.929. The minimum Gasteiger partial charge on any atom is -0.396 e. The largest absolute Gasteiger partial charge is 0.396 e. The number of rotatable bonds is 3. The summed E-state index contributed by atoms with van der Waals surface area (Å²) in [5.41, 5.74) is 0. The van der Waals surface area contributed by atoms with Crippen LogP contribution in [-0.2, 0) is 21.7 Å². The van der Waals surface area contributed by atoms with E-state index in [-0.39, 0.29) is 21.7 Å². The van der Waals surface area contributed by atoms with Gasteiger partial charge in [0, 0.05) is 41.5 Å². The topological polar surface area (TPSA) is 60.7 Å². The van der Waals surface area contributed by atoms with Gasteiger partial charge in [0.15, 0.2) is 0 Å². The average molecular weight is 299 g/mol. The van der Waals surface area contributed by atoms with Crippen molar-refractivity contribution in [2.24, 2.45) is 17.8 Å². The second-order valence-electron chi connectivity index (χ2n) is 4.73. The Hall–Kier alpha value is 0.594. The molecule has 0 aromatic heterocycles. The Morgan fingerprint density at radius 2 is 0.667 bits per heavy atom. The number of aliphatic hydroxyl groups excluding tert-OH is 3. The Labute approximate surface area is 130 Å². The van der Waals surface area contributed by atoms with Gasteiger partial charge in [0.2, 0.25) is 0 Å². The van der Waals surface area contributed by atoms with Crippen LogP contribution in [0.1, 0.15) is 48.5 Å². The van der Waals surface area contributed by atoms with E-state index < -0.39 is 0 Å². The van der Waals surface area contributed by atoms with E-state index in [1.165, 1.54) is 0 Å². The van der Waals surface area contributed by atoms with E-state index >= 15 is 0 Å². The van der Waals surface area contributed by atoms with Crippen LogP contribution >= 0.6 is 0 Å². The third-order valence-electron chi connectivity index (χ3n) is 1.10. The summed E-state index contributed by atoms with van der Waals surface area (Å²) in [6, 6.07) is 0. The summed E-state index contributed by atoms with van der Waals surface area (Å²) in [6.45, 7) is 17.8. The quantitative estimate of drug-likeness (QED) is 0.555. The molecule has 0 saturated carbocycles. The molecule has 18 heavy (non-hydrogen) atoms. The summed E-state index contributed by atoms with van der Waals surface area (Å²) in [6.07, 6.45) is 0. The summed E-state index contributed by atoms with van der Waals surface area (Å²) in [5, 5.41) is 24.4. The molecule has 0 spiro atoms. The molecule has 0 fully saturated rings. The summed E-state index contributed by atoms with van der Waals surface area (Å²) in [5.74, 6) is 1.32. The summed E-state index contributed by atoms with van der Waals surface area (Å²) in [7, 11) is 0. The predicted octanol–water partition coefficient (Wildman–Crippen LogP) is 2.74. The van der Waals surface area contributed by atoms with E-state index in [2.05, 4.69) is 6.92 Å². The standard InChI is InChI=1S/3C4H10O.C2H5.Ti/c3*1-4(2)3-5;1-2;/h3*4-5H,3H2,1-2H3;1H2,2H3;/q;;;-1;. The van der Waals surface area contributed by atoms with Crippen LogP contribution in [0, 0.1) is 24.7 Å². The van der Waals surface area contributed by atoms with Gasteiger partial charge in [-0.05, 0) is 17.8 Å². The first kappa shape index (κ1) is 31.1. The first-order valence-corrected chi connectivity index (χ1v) is 6.34. The van der Waals surface area contributed by atoms with Crippen molar-refractivity contribution in [2.75, 3.05) is 19.8 Å². The predicted molar refractivity (Wildman–Crippen MR) is 76.8 cm³/mol.